The number of aryl methyl sites for hydroxylation is 1. The van der Waals surface area contributed by atoms with Crippen molar-refractivity contribution in [3.05, 3.63) is 71.0 Å². The van der Waals surface area contributed by atoms with E-state index in [0.717, 1.165) is 38.8 Å². The van der Waals surface area contributed by atoms with Crippen LogP contribution in [0.4, 0.5) is 5.82 Å². The van der Waals surface area contributed by atoms with E-state index in [1.165, 1.54) is 0 Å². The van der Waals surface area contributed by atoms with Crippen molar-refractivity contribution in [2.24, 2.45) is 7.05 Å². The number of pyridine rings is 2. The summed E-state index contributed by atoms with van der Waals surface area (Å²) >= 11 is 0. The molecule has 124 valence electrons. The fraction of sp³-hybridized carbons (Fsp3) is 0.143. The van der Waals surface area contributed by atoms with Crippen LogP contribution >= 0.6 is 0 Å². The van der Waals surface area contributed by atoms with Gasteiger partial charge in [0.25, 0.3) is 0 Å². The minimum absolute atomic E-state index is 0.0726. The van der Waals surface area contributed by atoms with Crippen LogP contribution in [0.5, 0.6) is 0 Å². The molecule has 0 N–H and O–H groups in total. The van der Waals surface area contributed by atoms with E-state index in [2.05, 4.69) is 9.55 Å². The molecule has 0 spiro atoms. The lowest BCUT2D eigenvalue weighted by Crippen LogP contribution is -2.10. The molecule has 0 bridgehead atoms. The van der Waals surface area contributed by atoms with Gasteiger partial charge in [-0.05, 0) is 42.0 Å². The first-order chi connectivity index (χ1) is 12.1. The Labute approximate surface area is 146 Å². The van der Waals surface area contributed by atoms with E-state index < -0.39 is 0 Å². The molecule has 4 rings (SSSR count). The topological polar surface area (TPSA) is 38.1 Å². The maximum Gasteiger partial charge on any atom is 0.197 e. The molecule has 0 amide bonds. The zero-order valence-corrected chi connectivity index (χ0v) is 14.5. The zero-order chi connectivity index (χ0) is 17.6. The summed E-state index contributed by atoms with van der Waals surface area (Å²) in [4.78, 5) is 19.4. The molecule has 4 heteroatoms. The largest absolute Gasteiger partial charge is 0.363 e. The molecule has 0 atom stereocenters. The fourth-order valence-corrected chi connectivity index (χ4v) is 3.24. The van der Waals surface area contributed by atoms with Gasteiger partial charge in [0, 0.05) is 43.7 Å². The Morgan fingerprint density at radius 2 is 1.60 bits per heavy atom. The van der Waals surface area contributed by atoms with Crippen molar-refractivity contribution in [3.8, 4) is 11.1 Å². The first kappa shape index (κ1) is 15.4. The average molecular weight is 329 g/mol. The van der Waals surface area contributed by atoms with Crippen molar-refractivity contribution >= 4 is 27.6 Å². The molecule has 2 heterocycles. The molecule has 0 aliphatic heterocycles. The highest BCUT2D eigenvalue weighted by atomic mass is 16.1. The lowest BCUT2D eigenvalue weighted by molar-refractivity contribution is 1.00. The minimum atomic E-state index is 0.0726. The van der Waals surface area contributed by atoms with Crippen LogP contribution in [0.1, 0.15) is 0 Å². The van der Waals surface area contributed by atoms with Gasteiger partial charge in [-0.25, -0.2) is 4.98 Å². The van der Waals surface area contributed by atoms with Gasteiger partial charge in [0.05, 0.1) is 11.0 Å². The number of benzene rings is 2. The van der Waals surface area contributed by atoms with Crippen LogP contribution in [0.15, 0.2) is 65.6 Å². The van der Waals surface area contributed by atoms with E-state index in [1.807, 2.05) is 86.8 Å². The Kier molecular flexibility index (Phi) is 3.53. The van der Waals surface area contributed by atoms with E-state index in [4.69, 9.17) is 0 Å². The van der Waals surface area contributed by atoms with Gasteiger partial charge in [-0.2, -0.15) is 0 Å². The number of nitrogens with zero attached hydrogens (tertiary/aromatic N) is 3. The summed E-state index contributed by atoms with van der Waals surface area (Å²) in [5.74, 6) is 0.909. The van der Waals surface area contributed by atoms with Crippen LogP contribution in [0.2, 0.25) is 0 Å². The van der Waals surface area contributed by atoms with Gasteiger partial charge in [-0.1, -0.05) is 18.2 Å². The fourth-order valence-electron chi connectivity index (χ4n) is 3.24. The predicted octanol–water partition coefficient (Wildman–Crippen LogP) is 3.82. The van der Waals surface area contributed by atoms with Crippen LogP contribution in [0.3, 0.4) is 0 Å². The third kappa shape index (κ3) is 2.47. The van der Waals surface area contributed by atoms with E-state index in [-0.39, 0.29) is 5.43 Å². The van der Waals surface area contributed by atoms with Crippen molar-refractivity contribution in [3.63, 3.8) is 0 Å². The molecule has 4 aromatic rings. The van der Waals surface area contributed by atoms with Crippen molar-refractivity contribution in [1.29, 1.82) is 0 Å². The Balaban J connectivity index is 1.95. The molecule has 0 aliphatic rings. The number of hydrogen-bond donors (Lipinski definition) is 0. The lowest BCUT2D eigenvalue weighted by Gasteiger charge is -2.13. The average Bonchev–Trinajstić information content (AvgIpc) is 2.66. The van der Waals surface area contributed by atoms with Gasteiger partial charge in [0.2, 0.25) is 0 Å². The van der Waals surface area contributed by atoms with Crippen LogP contribution in [-0.2, 0) is 7.05 Å². The van der Waals surface area contributed by atoms with Gasteiger partial charge >= 0.3 is 0 Å². The number of fused-ring (bicyclic) bond motifs is 2. The smallest absolute Gasteiger partial charge is 0.197 e. The minimum Gasteiger partial charge on any atom is -0.363 e. The maximum atomic E-state index is 12.9. The molecule has 0 saturated carbocycles. The summed E-state index contributed by atoms with van der Waals surface area (Å²) in [5.41, 5.74) is 3.96. The first-order valence-corrected chi connectivity index (χ1v) is 8.21. The molecule has 0 saturated heterocycles. The molecule has 0 unspecified atom stereocenters. The number of para-hydroxylation sites is 1. The molecule has 0 aliphatic carbocycles. The van der Waals surface area contributed by atoms with E-state index in [9.17, 15) is 4.79 Å². The predicted molar refractivity (Wildman–Crippen MR) is 104 cm³/mol. The van der Waals surface area contributed by atoms with Crippen molar-refractivity contribution in [2.45, 2.75) is 0 Å². The second-order valence-electron chi connectivity index (χ2n) is 6.44. The quantitative estimate of drug-likeness (QED) is 0.525. The Morgan fingerprint density at radius 3 is 2.32 bits per heavy atom. The number of hydrogen-bond acceptors (Lipinski definition) is 3. The Bertz CT molecular complexity index is 1140. The number of aromatic nitrogens is 2. The Hall–Kier alpha value is -3.14. The van der Waals surface area contributed by atoms with E-state index in [1.54, 1.807) is 0 Å². The third-order valence-corrected chi connectivity index (χ3v) is 4.65. The highest BCUT2D eigenvalue weighted by Crippen LogP contribution is 2.25. The Morgan fingerprint density at radius 1 is 0.880 bits per heavy atom. The second kappa shape index (κ2) is 5.74. The number of rotatable bonds is 2. The summed E-state index contributed by atoms with van der Waals surface area (Å²) in [7, 11) is 5.93. The standard InChI is InChI=1S/C21H19N3O/c1-23(2)20-11-9-15(13-22-20)14-8-10-19-17(12-14)21(25)16-6-4-5-7-18(16)24(19)3/h4-13H,1-3H3. The SMILES string of the molecule is CN(C)c1ccc(-c2ccc3c(c2)c(=O)c2ccccc2n3C)cn1. The molecular formula is C21H19N3O. The molecule has 4 nitrogen and oxygen atoms in total. The highest BCUT2D eigenvalue weighted by molar-refractivity contribution is 5.95. The van der Waals surface area contributed by atoms with Crippen molar-refractivity contribution in [1.82, 2.24) is 9.55 Å². The van der Waals surface area contributed by atoms with Crippen molar-refractivity contribution < 1.29 is 0 Å². The van der Waals surface area contributed by atoms with Crippen LogP contribution in [0, 0.1) is 0 Å². The van der Waals surface area contributed by atoms with Crippen LogP contribution < -0.4 is 10.3 Å². The summed E-state index contributed by atoms with van der Waals surface area (Å²) < 4.78 is 2.07. The molecule has 2 aromatic carbocycles. The monoisotopic (exact) mass is 329 g/mol. The van der Waals surface area contributed by atoms with Crippen LogP contribution in [0.25, 0.3) is 32.9 Å². The van der Waals surface area contributed by atoms with E-state index >= 15 is 0 Å². The molecule has 0 radical (unpaired) electrons. The summed E-state index contributed by atoms with van der Waals surface area (Å²) in [5, 5.41) is 1.48. The van der Waals surface area contributed by atoms with E-state index in [0.29, 0.717) is 0 Å². The molecule has 0 fully saturated rings. The zero-order valence-electron chi connectivity index (χ0n) is 14.5. The normalized spacial score (nSPS) is 11.2. The molecule has 25 heavy (non-hydrogen) atoms. The van der Waals surface area contributed by atoms with Gasteiger partial charge in [-0.15, -0.1) is 0 Å². The summed E-state index contributed by atoms with van der Waals surface area (Å²) in [6.07, 6.45) is 1.85. The van der Waals surface area contributed by atoms with Gasteiger partial charge in [0.15, 0.2) is 5.43 Å². The molecular weight excluding hydrogens is 310 g/mol. The third-order valence-electron chi connectivity index (χ3n) is 4.65. The van der Waals surface area contributed by atoms with Crippen LogP contribution in [-0.4, -0.2) is 23.6 Å². The molecule has 2 aromatic heterocycles. The van der Waals surface area contributed by atoms with Crippen molar-refractivity contribution in [2.75, 3.05) is 19.0 Å². The second-order valence-corrected chi connectivity index (χ2v) is 6.44. The highest BCUT2D eigenvalue weighted by Gasteiger charge is 2.10. The summed E-state index contributed by atoms with van der Waals surface area (Å²) in [6.45, 7) is 0. The van der Waals surface area contributed by atoms with Gasteiger partial charge in [0.1, 0.15) is 5.82 Å². The number of anilines is 1. The van der Waals surface area contributed by atoms with Gasteiger partial charge in [-0.3, -0.25) is 4.79 Å². The summed E-state index contributed by atoms with van der Waals surface area (Å²) in [6, 6.07) is 17.8. The first-order valence-electron chi connectivity index (χ1n) is 8.21. The lowest BCUT2D eigenvalue weighted by atomic mass is 10.0. The van der Waals surface area contributed by atoms with Gasteiger partial charge < -0.3 is 9.47 Å². The maximum absolute atomic E-state index is 12.9.